The molecule has 118 valence electrons. The number of ether oxygens (including phenoxy) is 1. The minimum atomic E-state index is -0.413. The Hall–Kier alpha value is -1.98. The van der Waals surface area contributed by atoms with Crippen LogP contribution in [0.1, 0.15) is 25.6 Å². The summed E-state index contributed by atoms with van der Waals surface area (Å²) in [6, 6.07) is 8.26. The van der Waals surface area contributed by atoms with Crippen LogP contribution in [-0.4, -0.2) is 19.1 Å². The van der Waals surface area contributed by atoms with Gasteiger partial charge in [-0.15, -0.1) is 0 Å². The summed E-state index contributed by atoms with van der Waals surface area (Å²) >= 11 is 5.95. The molecule has 0 radical (unpaired) electrons. The van der Waals surface area contributed by atoms with Crippen LogP contribution in [0.4, 0.5) is 5.69 Å². The number of nitrogens with one attached hydrogen (secondary N) is 2. The summed E-state index contributed by atoms with van der Waals surface area (Å²) in [7, 11) is 1.54. The smallest absolute Gasteiger partial charge is 0.241 e. The Labute approximate surface area is 134 Å². The van der Waals surface area contributed by atoms with Crippen LogP contribution in [0.15, 0.2) is 41.0 Å². The molecule has 0 saturated heterocycles. The second kappa shape index (κ2) is 7.33. The molecule has 1 heterocycles. The van der Waals surface area contributed by atoms with Crippen molar-refractivity contribution >= 4 is 23.2 Å². The second-order valence-electron chi connectivity index (χ2n) is 4.96. The zero-order valence-corrected chi connectivity index (χ0v) is 13.5. The highest BCUT2D eigenvalue weighted by atomic mass is 35.5. The van der Waals surface area contributed by atoms with Crippen molar-refractivity contribution in [2.24, 2.45) is 0 Å². The molecule has 0 aliphatic heterocycles. The standard InChI is InChI=1S/C16H19ClN2O3/c1-10(14-5-4-8-22-14)18-11(2)16(20)19-13-9-12(17)6-7-15(13)21-3/h4-11,18H,1-3H3,(H,19,20)/t10-,11+/m0/s1. The highest BCUT2D eigenvalue weighted by molar-refractivity contribution is 6.31. The normalized spacial score (nSPS) is 13.5. The predicted molar refractivity (Wildman–Crippen MR) is 86.4 cm³/mol. The van der Waals surface area contributed by atoms with Crippen molar-refractivity contribution in [2.75, 3.05) is 12.4 Å². The van der Waals surface area contributed by atoms with Crippen LogP contribution in [-0.2, 0) is 4.79 Å². The van der Waals surface area contributed by atoms with Crippen molar-refractivity contribution in [3.05, 3.63) is 47.4 Å². The van der Waals surface area contributed by atoms with Crippen LogP contribution in [0.2, 0.25) is 5.02 Å². The van der Waals surface area contributed by atoms with E-state index in [1.165, 1.54) is 0 Å². The number of hydrogen-bond acceptors (Lipinski definition) is 4. The number of hydrogen-bond donors (Lipinski definition) is 2. The lowest BCUT2D eigenvalue weighted by Crippen LogP contribution is -2.39. The number of furan rings is 1. The maximum Gasteiger partial charge on any atom is 0.241 e. The van der Waals surface area contributed by atoms with Gasteiger partial charge in [-0.2, -0.15) is 0 Å². The summed E-state index contributed by atoms with van der Waals surface area (Å²) in [5.41, 5.74) is 0.541. The first kappa shape index (κ1) is 16.4. The topological polar surface area (TPSA) is 63.5 Å². The molecule has 2 aromatic rings. The number of carbonyl (C=O) groups excluding carboxylic acids is 1. The zero-order chi connectivity index (χ0) is 16.1. The summed E-state index contributed by atoms with van der Waals surface area (Å²) in [6.07, 6.45) is 1.61. The van der Waals surface area contributed by atoms with E-state index in [2.05, 4.69) is 10.6 Å². The largest absolute Gasteiger partial charge is 0.495 e. The third kappa shape index (κ3) is 4.02. The van der Waals surface area contributed by atoms with Gasteiger partial charge in [-0.05, 0) is 44.2 Å². The van der Waals surface area contributed by atoms with Crippen LogP contribution in [0.25, 0.3) is 0 Å². The molecule has 5 nitrogen and oxygen atoms in total. The molecule has 2 atom stereocenters. The molecule has 0 aliphatic carbocycles. The number of rotatable bonds is 6. The maximum atomic E-state index is 12.3. The molecule has 0 aliphatic rings. The van der Waals surface area contributed by atoms with Crippen LogP contribution in [0, 0.1) is 0 Å². The van der Waals surface area contributed by atoms with E-state index in [1.54, 1.807) is 38.5 Å². The van der Waals surface area contributed by atoms with Gasteiger partial charge in [0.1, 0.15) is 11.5 Å². The monoisotopic (exact) mass is 322 g/mol. The van der Waals surface area contributed by atoms with Crippen molar-refractivity contribution in [1.82, 2.24) is 5.32 Å². The van der Waals surface area contributed by atoms with E-state index in [-0.39, 0.29) is 11.9 Å². The molecule has 0 spiro atoms. The second-order valence-corrected chi connectivity index (χ2v) is 5.40. The average Bonchev–Trinajstić information content (AvgIpc) is 3.01. The number of amides is 1. The van der Waals surface area contributed by atoms with E-state index < -0.39 is 6.04 Å². The van der Waals surface area contributed by atoms with Crippen LogP contribution >= 0.6 is 11.6 Å². The Bertz CT molecular complexity index is 628. The van der Waals surface area contributed by atoms with Crippen LogP contribution in [0.5, 0.6) is 5.75 Å². The van der Waals surface area contributed by atoms with Gasteiger partial charge in [0.15, 0.2) is 0 Å². The molecule has 6 heteroatoms. The van der Waals surface area contributed by atoms with Crippen molar-refractivity contribution < 1.29 is 13.9 Å². The van der Waals surface area contributed by atoms with Crippen molar-refractivity contribution in [3.63, 3.8) is 0 Å². The summed E-state index contributed by atoms with van der Waals surface area (Å²) in [6.45, 7) is 3.72. The van der Waals surface area contributed by atoms with E-state index in [0.717, 1.165) is 5.76 Å². The molecule has 22 heavy (non-hydrogen) atoms. The third-order valence-corrected chi connectivity index (χ3v) is 3.52. The molecule has 1 aromatic heterocycles. The van der Waals surface area contributed by atoms with Gasteiger partial charge in [0.25, 0.3) is 0 Å². The van der Waals surface area contributed by atoms with Crippen molar-refractivity contribution in [2.45, 2.75) is 25.9 Å². The zero-order valence-electron chi connectivity index (χ0n) is 12.7. The molecular formula is C16H19ClN2O3. The highest BCUT2D eigenvalue weighted by Gasteiger charge is 2.19. The Morgan fingerprint density at radius 1 is 1.32 bits per heavy atom. The molecule has 0 bridgehead atoms. The quantitative estimate of drug-likeness (QED) is 0.852. The lowest BCUT2D eigenvalue weighted by molar-refractivity contribution is -0.118. The summed E-state index contributed by atoms with van der Waals surface area (Å²) < 4.78 is 10.5. The molecule has 0 unspecified atom stereocenters. The van der Waals surface area contributed by atoms with Gasteiger partial charge in [0.2, 0.25) is 5.91 Å². The number of benzene rings is 1. The Balaban J connectivity index is 2.01. The first-order valence-electron chi connectivity index (χ1n) is 6.95. The summed E-state index contributed by atoms with van der Waals surface area (Å²) in [5, 5.41) is 6.51. The highest BCUT2D eigenvalue weighted by Crippen LogP contribution is 2.27. The van der Waals surface area contributed by atoms with Gasteiger partial charge in [0.05, 0.1) is 31.1 Å². The molecule has 0 fully saturated rings. The van der Waals surface area contributed by atoms with Crippen LogP contribution < -0.4 is 15.4 Å². The number of anilines is 1. The van der Waals surface area contributed by atoms with E-state index in [9.17, 15) is 4.79 Å². The van der Waals surface area contributed by atoms with E-state index in [1.807, 2.05) is 19.1 Å². The molecule has 0 saturated carbocycles. The lowest BCUT2D eigenvalue weighted by Gasteiger charge is -2.19. The summed E-state index contributed by atoms with van der Waals surface area (Å²) in [5.74, 6) is 1.16. The van der Waals surface area contributed by atoms with Gasteiger partial charge in [0, 0.05) is 5.02 Å². The van der Waals surface area contributed by atoms with Crippen molar-refractivity contribution in [1.29, 1.82) is 0 Å². The summed E-state index contributed by atoms with van der Waals surface area (Å²) in [4.78, 5) is 12.3. The average molecular weight is 323 g/mol. The molecule has 2 rings (SSSR count). The predicted octanol–water partition coefficient (Wildman–Crippen LogP) is 3.62. The Kier molecular flexibility index (Phi) is 5.46. The minimum absolute atomic E-state index is 0.0722. The van der Waals surface area contributed by atoms with Gasteiger partial charge in [-0.25, -0.2) is 0 Å². The Morgan fingerprint density at radius 2 is 2.09 bits per heavy atom. The van der Waals surface area contributed by atoms with E-state index in [4.69, 9.17) is 20.8 Å². The van der Waals surface area contributed by atoms with E-state index >= 15 is 0 Å². The minimum Gasteiger partial charge on any atom is -0.495 e. The molecular weight excluding hydrogens is 304 g/mol. The van der Waals surface area contributed by atoms with Gasteiger partial charge in [-0.1, -0.05) is 11.6 Å². The fourth-order valence-electron chi connectivity index (χ4n) is 2.09. The van der Waals surface area contributed by atoms with E-state index in [0.29, 0.717) is 16.5 Å². The van der Waals surface area contributed by atoms with Gasteiger partial charge < -0.3 is 14.5 Å². The van der Waals surface area contributed by atoms with Crippen molar-refractivity contribution in [3.8, 4) is 5.75 Å². The first-order valence-corrected chi connectivity index (χ1v) is 7.33. The number of carbonyl (C=O) groups is 1. The number of halogens is 1. The molecule has 2 N–H and O–H groups in total. The third-order valence-electron chi connectivity index (χ3n) is 3.28. The van der Waals surface area contributed by atoms with Crippen LogP contribution in [0.3, 0.4) is 0 Å². The lowest BCUT2D eigenvalue weighted by atomic mass is 10.2. The molecule has 1 aromatic carbocycles. The molecule has 1 amide bonds. The van der Waals surface area contributed by atoms with Gasteiger partial charge >= 0.3 is 0 Å². The Morgan fingerprint density at radius 3 is 2.73 bits per heavy atom. The van der Waals surface area contributed by atoms with Gasteiger partial charge in [-0.3, -0.25) is 10.1 Å². The SMILES string of the molecule is COc1ccc(Cl)cc1NC(=O)[C@@H](C)N[C@@H](C)c1ccco1. The fraction of sp³-hybridized carbons (Fsp3) is 0.312. The fourth-order valence-corrected chi connectivity index (χ4v) is 2.26. The maximum absolute atomic E-state index is 12.3. The first-order chi connectivity index (χ1) is 10.5. The number of methoxy groups -OCH3 is 1.